The summed E-state index contributed by atoms with van der Waals surface area (Å²) in [6.07, 6.45) is 7.34. The van der Waals surface area contributed by atoms with Crippen LogP contribution in [-0.2, 0) is 13.6 Å². The lowest BCUT2D eigenvalue weighted by atomic mass is 9.84. The zero-order chi connectivity index (χ0) is 13.2. The van der Waals surface area contributed by atoms with Gasteiger partial charge in [-0.1, -0.05) is 13.8 Å². The molecule has 0 aromatic heterocycles. The van der Waals surface area contributed by atoms with Crippen LogP contribution < -0.4 is 0 Å². The Hall–Kier alpha value is 0.0969. The number of epoxide rings is 1. The molecule has 0 aromatic carbocycles. The van der Waals surface area contributed by atoms with Crippen molar-refractivity contribution in [2.45, 2.75) is 77.4 Å². The topological polar surface area (TPSA) is 31.0 Å². The van der Waals surface area contributed by atoms with Gasteiger partial charge in [-0.2, -0.15) is 0 Å². The van der Waals surface area contributed by atoms with Gasteiger partial charge in [0.25, 0.3) is 0 Å². The third-order valence-electron chi connectivity index (χ3n) is 4.06. The Labute approximate surface area is 112 Å². The summed E-state index contributed by atoms with van der Waals surface area (Å²) < 4.78 is 17.9. The zero-order valence-electron chi connectivity index (χ0n) is 12.3. The molecule has 3 nitrogen and oxygen atoms in total. The molecule has 1 aliphatic carbocycles. The predicted molar refractivity (Wildman–Crippen MR) is 74.9 cm³/mol. The summed E-state index contributed by atoms with van der Waals surface area (Å²) in [5.41, 5.74) is 0. The van der Waals surface area contributed by atoms with Crippen LogP contribution >= 0.6 is 0 Å². The molecule has 2 rings (SSSR count). The molecule has 1 saturated heterocycles. The van der Waals surface area contributed by atoms with E-state index < -0.39 is 8.56 Å². The summed E-state index contributed by atoms with van der Waals surface area (Å²) in [5, 5.41) is 0. The highest BCUT2D eigenvalue weighted by Crippen LogP contribution is 2.42. The minimum atomic E-state index is -1.94. The van der Waals surface area contributed by atoms with Crippen LogP contribution in [0, 0.1) is 5.92 Å². The minimum Gasteiger partial charge on any atom is -0.395 e. The summed E-state index contributed by atoms with van der Waals surface area (Å²) in [4.78, 5) is 0. The number of rotatable bonds is 7. The molecule has 0 radical (unpaired) electrons. The molecule has 0 aromatic rings. The Bertz CT molecular complexity index is 270. The molecule has 4 unspecified atom stereocenters. The lowest BCUT2D eigenvalue weighted by Crippen LogP contribution is -2.42. The second-order valence-corrected chi connectivity index (χ2v) is 9.42. The van der Waals surface area contributed by atoms with Gasteiger partial charge < -0.3 is 13.6 Å². The molecule has 1 aliphatic heterocycles. The monoisotopic (exact) mass is 272 g/mol. The van der Waals surface area contributed by atoms with E-state index in [0.717, 1.165) is 19.4 Å². The first-order chi connectivity index (χ1) is 8.55. The quantitative estimate of drug-likeness (QED) is 0.525. The molecule has 4 heteroatoms. The normalized spacial score (nSPS) is 33.0. The lowest BCUT2D eigenvalue weighted by molar-refractivity contribution is 0.0624. The van der Waals surface area contributed by atoms with Gasteiger partial charge in [0.05, 0.1) is 12.2 Å². The van der Waals surface area contributed by atoms with Gasteiger partial charge in [0.2, 0.25) is 0 Å². The second kappa shape index (κ2) is 6.03. The first-order valence-electron chi connectivity index (χ1n) is 7.53. The molecule has 1 saturated carbocycles. The van der Waals surface area contributed by atoms with Gasteiger partial charge in [0, 0.05) is 12.7 Å². The molecule has 106 valence electrons. The van der Waals surface area contributed by atoms with Crippen LogP contribution in [0.15, 0.2) is 0 Å². The van der Waals surface area contributed by atoms with E-state index in [-0.39, 0.29) is 0 Å². The van der Waals surface area contributed by atoms with Crippen LogP contribution in [0.2, 0.25) is 13.1 Å². The second-order valence-electron chi connectivity index (χ2n) is 6.10. The van der Waals surface area contributed by atoms with Crippen molar-refractivity contribution in [1.29, 1.82) is 0 Å². The van der Waals surface area contributed by atoms with Crippen molar-refractivity contribution in [2.75, 3.05) is 6.61 Å². The summed E-state index contributed by atoms with van der Waals surface area (Å²) in [6, 6.07) is 0. The van der Waals surface area contributed by atoms with E-state index in [0.29, 0.717) is 24.2 Å². The van der Waals surface area contributed by atoms with Crippen molar-refractivity contribution in [2.24, 2.45) is 5.92 Å². The van der Waals surface area contributed by atoms with Gasteiger partial charge in [-0.15, -0.1) is 0 Å². The van der Waals surface area contributed by atoms with Crippen LogP contribution in [0.5, 0.6) is 0 Å². The van der Waals surface area contributed by atoms with E-state index in [1.165, 1.54) is 19.3 Å². The molecular weight excluding hydrogens is 244 g/mol. The third-order valence-corrected chi connectivity index (χ3v) is 5.83. The minimum absolute atomic E-state index is 0.369. The first-order valence-corrected chi connectivity index (χ1v) is 10.3. The Balaban J connectivity index is 1.83. The fourth-order valence-electron chi connectivity index (χ4n) is 3.03. The van der Waals surface area contributed by atoms with E-state index in [4.69, 9.17) is 13.6 Å². The van der Waals surface area contributed by atoms with Gasteiger partial charge in [0.15, 0.2) is 0 Å². The fourth-order valence-corrected chi connectivity index (χ4v) is 4.88. The van der Waals surface area contributed by atoms with Crippen molar-refractivity contribution >= 4 is 8.56 Å². The molecule has 0 bridgehead atoms. The van der Waals surface area contributed by atoms with Gasteiger partial charge >= 0.3 is 8.56 Å². The fraction of sp³-hybridized carbons (Fsp3) is 1.00. The molecule has 0 spiro atoms. The summed E-state index contributed by atoms with van der Waals surface area (Å²) in [5.74, 6) is 0.677. The summed E-state index contributed by atoms with van der Waals surface area (Å²) in [6.45, 7) is 9.55. The highest BCUT2D eigenvalue weighted by Gasteiger charge is 2.46. The predicted octanol–water partition coefficient (Wildman–Crippen LogP) is 3.48. The van der Waals surface area contributed by atoms with Crippen LogP contribution in [0.4, 0.5) is 0 Å². The van der Waals surface area contributed by atoms with E-state index in [1.807, 2.05) is 0 Å². The average molecular weight is 272 g/mol. The number of hydrogen-bond donors (Lipinski definition) is 0. The third kappa shape index (κ3) is 3.79. The van der Waals surface area contributed by atoms with Gasteiger partial charge in [0.1, 0.15) is 0 Å². The van der Waals surface area contributed by atoms with Crippen LogP contribution in [0.3, 0.4) is 0 Å². The molecule has 1 heterocycles. The number of hydrogen-bond acceptors (Lipinski definition) is 3. The first kappa shape index (κ1) is 14.5. The molecule has 4 atom stereocenters. The van der Waals surface area contributed by atoms with Gasteiger partial charge in [-0.25, -0.2) is 0 Å². The van der Waals surface area contributed by atoms with Crippen LogP contribution in [0.25, 0.3) is 0 Å². The smallest absolute Gasteiger partial charge is 0.331 e. The highest BCUT2D eigenvalue weighted by molar-refractivity contribution is 6.64. The molecule has 2 aliphatic rings. The van der Waals surface area contributed by atoms with Crippen molar-refractivity contribution in [3.05, 3.63) is 0 Å². The van der Waals surface area contributed by atoms with Gasteiger partial charge in [-0.3, -0.25) is 0 Å². The van der Waals surface area contributed by atoms with E-state index in [9.17, 15) is 0 Å². The highest BCUT2D eigenvalue weighted by atomic mass is 28.4. The van der Waals surface area contributed by atoms with E-state index in [2.05, 4.69) is 26.9 Å². The van der Waals surface area contributed by atoms with Crippen LogP contribution in [-0.4, -0.2) is 33.5 Å². The van der Waals surface area contributed by atoms with Crippen molar-refractivity contribution in [3.63, 3.8) is 0 Å². The Morgan fingerprint density at radius 3 is 2.61 bits per heavy atom. The molecule has 18 heavy (non-hydrogen) atoms. The van der Waals surface area contributed by atoms with E-state index >= 15 is 0 Å². The maximum Gasteiger partial charge on any atom is 0.331 e. The molecule has 0 N–H and O–H groups in total. The standard InChI is InChI=1S/C14H28O3Si/c1-5-9-15-18(3,4)17-12(6-2)11-7-8-13-14(10-11)16-13/h11-14H,5-10H2,1-4H3. The maximum absolute atomic E-state index is 6.36. The summed E-state index contributed by atoms with van der Waals surface area (Å²) in [7, 11) is -1.94. The molecular formula is C14H28O3Si. The van der Waals surface area contributed by atoms with Crippen LogP contribution in [0.1, 0.15) is 46.0 Å². The average Bonchev–Trinajstić information content (AvgIpc) is 3.11. The largest absolute Gasteiger partial charge is 0.395 e. The Morgan fingerprint density at radius 1 is 1.22 bits per heavy atom. The molecule has 2 fully saturated rings. The van der Waals surface area contributed by atoms with Gasteiger partial charge in [-0.05, 0) is 51.1 Å². The SMILES string of the molecule is CCCO[Si](C)(C)OC(CC)C1CCC2OC2C1. The Morgan fingerprint density at radius 2 is 2.00 bits per heavy atom. The van der Waals surface area contributed by atoms with Crippen molar-refractivity contribution < 1.29 is 13.6 Å². The molecule has 0 amide bonds. The zero-order valence-corrected chi connectivity index (χ0v) is 13.3. The number of fused-ring (bicyclic) bond motifs is 1. The van der Waals surface area contributed by atoms with Crippen molar-refractivity contribution in [3.8, 4) is 0 Å². The maximum atomic E-state index is 6.36. The van der Waals surface area contributed by atoms with Crippen molar-refractivity contribution in [1.82, 2.24) is 0 Å². The number of ether oxygens (including phenoxy) is 1. The summed E-state index contributed by atoms with van der Waals surface area (Å²) >= 11 is 0. The lowest BCUT2D eigenvalue weighted by Gasteiger charge is -2.34. The van der Waals surface area contributed by atoms with E-state index in [1.54, 1.807) is 0 Å². The Kier molecular flexibility index (Phi) is 4.86.